The van der Waals surface area contributed by atoms with Crippen LogP contribution in [0.15, 0.2) is 18.2 Å². The van der Waals surface area contributed by atoms with Gasteiger partial charge in [0.25, 0.3) is 5.91 Å². The number of nitrogen functional groups attached to an aromatic ring is 1. The zero-order valence-corrected chi connectivity index (χ0v) is 9.84. The summed E-state index contributed by atoms with van der Waals surface area (Å²) in [6.07, 6.45) is -0.417. The van der Waals surface area contributed by atoms with Gasteiger partial charge in [0.15, 0.2) is 6.10 Å². The lowest BCUT2D eigenvalue weighted by Crippen LogP contribution is -2.39. The number of rotatable bonds is 3. The van der Waals surface area contributed by atoms with Crippen LogP contribution in [0, 0.1) is 0 Å². The first kappa shape index (κ1) is 11.1. The Hall–Kier alpha value is -1.36. The first-order valence-electron chi connectivity index (χ1n) is 5.16. The van der Waals surface area contributed by atoms with Crippen LogP contribution in [0.2, 0.25) is 0 Å². The number of amides is 1. The SMILES string of the molecule is CCSCC1Oc2cccc(N)c2NC1=O. The van der Waals surface area contributed by atoms with Crippen molar-refractivity contribution in [2.75, 3.05) is 22.6 Å². The van der Waals surface area contributed by atoms with Crippen LogP contribution in [0.4, 0.5) is 11.4 Å². The molecule has 0 aliphatic carbocycles. The topological polar surface area (TPSA) is 64.3 Å². The molecule has 1 aromatic carbocycles. The third-order valence-corrected chi connectivity index (χ3v) is 3.29. The fraction of sp³-hybridized carbons (Fsp3) is 0.364. The number of fused-ring (bicyclic) bond motifs is 1. The van der Waals surface area contributed by atoms with Crippen molar-refractivity contribution >= 4 is 29.0 Å². The molecule has 0 saturated heterocycles. The summed E-state index contributed by atoms with van der Waals surface area (Å²) in [4.78, 5) is 11.7. The molecule has 0 radical (unpaired) electrons. The number of hydrogen-bond donors (Lipinski definition) is 2. The highest BCUT2D eigenvalue weighted by atomic mass is 32.2. The Morgan fingerprint density at radius 3 is 3.12 bits per heavy atom. The highest BCUT2D eigenvalue weighted by molar-refractivity contribution is 7.99. The van der Waals surface area contributed by atoms with Gasteiger partial charge in [-0.1, -0.05) is 13.0 Å². The monoisotopic (exact) mass is 238 g/mol. The van der Waals surface area contributed by atoms with E-state index in [2.05, 4.69) is 12.2 Å². The van der Waals surface area contributed by atoms with Gasteiger partial charge in [0, 0.05) is 5.75 Å². The van der Waals surface area contributed by atoms with E-state index in [1.54, 1.807) is 17.8 Å². The number of nitrogens with two attached hydrogens (primary N) is 1. The van der Waals surface area contributed by atoms with Crippen molar-refractivity contribution < 1.29 is 9.53 Å². The van der Waals surface area contributed by atoms with Gasteiger partial charge in [0.05, 0.1) is 5.69 Å². The molecule has 1 atom stereocenters. The van der Waals surface area contributed by atoms with E-state index in [1.807, 2.05) is 12.1 Å². The molecule has 0 fully saturated rings. The Morgan fingerprint density at radius 1 is 1.56 bits per heavy atom. The van der Waals surface area contributed by atoms with E-state index in [4.69, 9.17) is 10.5 Å². The standard InChI is InChI=1S/C11H14N2O2S/c1-2-16-6-9-11(14)13-10-7(12)4-3-5-8(10)15-9/h3-5,9H,2,6,12H2,1H3,(H,13,14). The number of thioether (sulfide) groups is 1. The lowest BCUT2D eigenvalue weighted by molar-refractivity contribution is -0.122. The minimum Gasteiger partial charge on any atom is -0.477 e. The predicted molar refractivity (Wildman–Crippen MR) is 66.9 cm³/mol. The van der Waals surface area contributed by atoms with Crippen LogP contribution >= 0.6 is 11.8 Å². The molecule has 0 saturated carbocycles. The predicted octanol–water partition coefficient (Wildman–Crippen LogP) is 1.72. The molecular weight excluding hydrogens is 224 g/mol. The van der Waals surface area contributed by atoms with Crippen molar-refractivity contribution in [1.29, 1.82) is 0 Å². The van der Waals surface area contributed by atoms with E-state index in [1.165, 1.54) is 0 Å². The first-order valence-corrected chi connectivity index (χ1v) is 6.31. The molecule has 1 heterocycles. The smallest absolute Gasteiger partial charge is 0.266 e. The van der Waals surface area contributed by atoms with Gasteiger partial charge in [-0.15, -0.1) is 0 Å². The molecule has 0 aromatic heterocycles. The maximum absolute atomic E-state index is 11.7. The summed E-state index contributed by atoms with van der Waals surface area (Å²) in [6, 6.07) is 5.37. The third kappa shape index (κ3) is 2.09. The average molecular weight is 238 g/mol. The normalized spacial score (nSPS) is 18.6. The molecular formula is C11H14N2O2S. The van der Waals surface area contributed by atoms with E-state index >= 15 is 0 Å². The number of anilines is 2. The molecule has 3 N–H and O–H groups in total. The molecule has 1 aliphatic rings. The number of hydrogen-bond acceptors (Lipinski definition) is 4. The molecule has 1 amide bonds. The molecule has 1 aromatic rings. The second kappa shape index (κ2) is 4.65. The van der Waals surface area contributed by atoms with Crippen molar-refractivity contribution in [2.45, 2.75) is 13.0 Å². The van der Waals surface area contributed by atoms with Crippen LogP contribution in [-0.2, 0) is 4.79 Å². The summed E-state index contributed by atoms with van der Waals surface area (Å²) in [5.74, 6) is 2.17. The highest BCUT2D eigenvalue weighted by Crippen LogP contribution is 2.34. The fourth-order valence-electron chi connectivity index (χ4n) is 1.53. The largest absolute Gasteiger partial charge is 0.477 e. The maximum atomic E-state index is 11.7. The third-order valence-electron chi connectivity index (χ3n) is 2.34. The zero-order chi connectivity index (χ0) is 11.5. The van der Waals surface area contributed by atoms with Crippen LogP contribution in [-0.4, -0.2) is 23.5 Å². The van der Waals surface area contributed by atoms with Crippen LogP contribution in [0.25, 0.3) is 0 Å². The van der Waals surface area contributed by atoms with Gasteiger partial charge in [-0.25, -0.2) is 0 Å². The van der Waals surface area contributed by atoms with E-state index in [-0.39, 0.29) is 5.91 Å². The summed E-state index contributed by atoms with van der Waals surface area (Å²) in [7, 11) is 0. The summed E-state index contributed by atoms with van der Waals surface area (Å²) >= 11 is 1.68. The van der Waals surface area contributed by atoms with Crippen molar-refractivity contribution in [3.05, 3.63) is 18.2 Å². The van der Waals surface area contributed by atoms with Crippen LogP contribution < -0.4 is 15.8 Å². The molecule has 2 rings (SSSR count). The molecule has 4 nitrogen and oxygen atoms in total. The van der Waals surface area contributed by atoms with E-state index < -0.39 is 6.10 Å². The summed E-state index contributed by atoms with van der Waals surface area (Å²) in [5, 5.41) is 2.78. The fourth-order valence-corrected chi connectivity index (χ4v) is 2.19. The molecule has 86 valence electrons. The number of ether oxygens (including phenoxy) is 1. The minimum absolute atomic E-state index is 0.119. The summed E-state index contributed by atoms with van der Waals surface area (Å²) < 4.78 is 5.61. The number of nitrogens with one attached hydrogen (secondary N) is 1. The maximum Gasteiger partial charge on any atom is 0.266 e. The van der Waals surface area contributed by atoms with Crippen LogP contribution in [0.1, 0.15) is 6.92 Å². The molecule has 16 heavy (non-hydrogen) atoms. The first-order chi connectivity index (χ1) is 7.72. The molecule has 0 bridgehead atoms. The Labute approximate surface area is 98.5 Å². The number of para-hydroxylation sites is 1. The van der Waals surface area contributed by atoms with Gasteiger partial charge >= 0.3 is 0 Å². The van der Waals surface area contributed by atoms with Crippen molar-refractivity contribution in [1.82, 2.24) is 0 Å². The van der Waals surface area contributed by atoms with Gasteiger partial charge in [0.1, 0.15) is 11.4 Å². The van der Waals surface area contributed by atoms with Crippen LogP contribution in [0.5, 0.6) is 5.75 Å². The van der Waals surface area contributed by atoms with Gasteiger partial charge in [-0.3, -0.25) is 4.79 Å². The van der Waals surface area contributed by atoms with Gasteiger partial charge < -0.3 is 15.8 Å². The van der Waals surface area contributed by atoms with Crippen molar-refractivity contribution in [3.8, 4) is 5.75 Å². The molecule has 0 spiro atoms. The second-order valence-electron chi connectivity index (χ2n) is 3.48. The van der Waals surface area contributed by atoms with Crippen molar-refractivity contribution in [2.24, 2.45) is 0 Å². The number of carbonyl (C=O) groups excluding carboxylic acids is 1. The zero-order valence-electron chi connectivity index (χ0n) is 9.03. The lowest BCUT2D eigenvalue weighted by Gasteiger charge is -2.26. The van der Waals surface area contributed by atoms with Gasteiger partial charge in [-0.05, 0) is 17.9 Å². The van der Waals surface area contributed by atoms with Gasteiger partial charge in [0.2, 0.25) is 0 Å². The second-order valence-corrected chi connectivity index (χ2v) is 4.79. The summed E-state index contributed by atoms with van der Waals surface area (Å²) in [5.41, 5.74) is 6.87. The Morgan fingerprint density at radius 2 is 2.38 bits per heavy atom. The quantitative estimate of drug-likeness (QED) is 0.787. The van der Waals surface area contributed by atoms with E-state index in [9.17, 15) is 4.79 Å². The molecule has 5 heteroatoms. The summed E-state index contributed by atoms with van der Waals surface area (Å²) in [6.45, 7) is 2.05. The molecule has 1 aliphatic heterocycles. The van der Waals surface area contributed by atoms with E-state index in [0.717, 1.165) is 5.75 Å². The highest BCUT2D eigenvalue weighted by Gasteiger charge is 2.28. The minimum atomic E-state index is -0.417. The van der Waals surface area contributed by atoms with Crippen molar-refractivity contribution in [3.63, 3.8) is 0 Å². The Kier molecular flexibility index (Phi) is 3.24. The number of benzene rings is 1. The molecule has 1 unspecified atom stereocenters. The Bertz CT molecular complexity index is 409. The lowest BCUT2D eigenvalue weighted by atomic mass is 10.2. The van der Waals surface area contributed by atoms with E-state index in [0.29, 0.717) is 22.9 Å². The average Bonchev–Trinajstić information content (AvgIpc) is 2.28. The van der Waals surface area contributed by atoms with Crippen LogP contribution in [0.3, 0.4) is 0 Å². The number of carbonyl (C=O) groups is 1. The van der Waals surface area contributed by atoms with Gasteiger partial charge in [-0.2, -0.15) is 11.8 Å². The Balaban J connectivity index is 2.19.